The molecule has 0 unspecified atom stereocenters. The molecule has 0 aliphatic carbocycles. The third kappa shape index (κ3) is 4.20. The van der Waals surface area contributed by atoms with E-state index in [-0.39, 0.29) is 12.5 Å². The molecule has 4 rings (SSSR count). The summed E-state index contributed by atoms with van der Waals surface area (Å²) in [5.41, 5.74) is 3.31. The number of halogens is 1. The summed E-state index contributed by atoms with van der Waals surface area (Å²) in [5, 5.41) is 14.2. The highest BCUT2D eigenvalue weighted by Crippen LogP contribution is 2.44. The van der Waals surface area contributed by atoms with Gasteiger partial charge in [0, 0.05) is 41.6 Å². The maximum Gasteiger partial charge on any atom is 0.317 e. The Balaban J connectivity index is 1.59. The van der Waals surface area contributed by atoms with Crippen LogP contribution in [-0.2, 0) is 20.7 Å². The van der Waals surface area contributed by atoms with Gasteiger partial charge in [-0.15, -0.1) is 0 Å². The van der Waals surface area contributed by atoms with E-state index >= 15 is 0 Å². The number of fused-ring (bicyclic) bond motifs is 1. The number of pyridine rings is 1. The van der Waals surface area contributed by atoms with Crippen LogP contribution in [0.5, 0.6) is 0 Å². The molecule has 2 aromatic rings. The van der Waals surface area contributed by atoms with E-state index in [1.54, 1.807) is 12.3 Å². The van der Waals surface area contributed by atoms with Gasteiger partial charge in [0.05, 0.1) is 17.8 Å². The van der Waals surface area contributed by atoms with Crippen LogP contribution in [0.3, 0.4) is 0 Å². The number of carboxylic acids is 1. The Morgan fingerprint density at radius 2 is 2.10 bits per heavy atom. The predicted octanol–water partition coefficient (Wildman–Crippen LogP) is 2.99. The second-order valence-electron chi connectivity index (χ2n) is 7.91. The first-order chi connectivity index (χ1) is 14.7. The van der Waals surface area contributed by atoms with Gasteiger partial charge in [0.25, 0.3) is 5.91 Å². The zero-order valence-corrected chi connectivity index (χ0v) is 17.2. The number of hydrogen-bond acceptors (Lipinski definition) is 5. The lowest BCUT2D eigenvalue weighted by molar-refractivity contribution is -0.136. The minimum absolute atomic E-state index is 0.0860. The number of rotatable bonds is 6. The van der Waals surface area contributed by atoms with E-state index in [9.17, 15) is 14.0 Å². The number of carbonyl (C=O) groups is 2. The first-order valence-electron chi connectivity index (χ1n) is 9.89. The number of aliphatic carboxylic acids is 1. The summed E-state index contributed by atoms with van der Waals surface area (Å²) in [6, 6.07) is 8.00. The van der Waals surface area contributed by atoms with Crippen LogP contribution in [0.2, 0.25) is 0 Å². The molecule has 1 aromatic carbocycles. The fourth-order valence-electron chi connectivity index (χ4n) is 3.75. The van der Waals surface area contributed by atoms with Gasteiger partial charge in [-0.05, 0) is 44.2 Å². The van der Waals surface area contributed by atoms with Crippen molar-refractivity contribution in [1.82, 2.24) is 10.3 Å². The number of hydrogen-bond donors (Lipinski definition) is 3. The summed E-state index contributed by atoms with van der Waals surface area (Å²) >= 11 is 0. The van der Waals surface area contributed by atoms with Crippen LogP contribution in [0.25, 0.3) is 11.1 Å². The number of amides is 1. The van der Waals surface area contributed by atoms with E-state index in [0.717, 1.165) is 16.8 Å². The quantitative estimate of drug-likeness (QED) is 0.488. The smallest absolute Gasteiger partial charge is 0.317 e. The molecule has 7 nitrogen and oxygen atoms in total. The molecule has 0 fully saturated rings. The minimum atomic E-state index is -0.896. The van der Waals surface area contributed by atoms with Gasteiger partial charge in [-0.25, -0.2) is 4.39 Å². The zero-order valence-electron chi connectivity index (χ0n) is 17.2. The fraction of sp³-hybridized carbons (Fsp3) is 0.261. The molecule has 0 radical (unpaired) electrons. The Bertz CT molecular complexity index is 1120. The standard InChI is InChI=1S/C23H22FN3O4/c1-23(2)17(13-3-5-15(26-11-13)7-8-25-12-20(28)29)10-19(31-23)21-16-6-4-14(24)9-18(16)27-22(21)30/h3-6,9-11,25H,7-8,12H2,1-2H3,(H,27,30)(H,28,29). The number of nitrogens with zero attached hydrogens (tertiary/aromatic N) is 1. The van der Waals surface area contributed by atoms with Gasteiger partial charge in [-0.2, -0.15) is 0 Å². The van der Waals surface area contributed by atoms with Crippen molar-refractivity contribution in [2.45, 2.75) is 25.9 Å². The molecule has 0 bridgehead atoms. The second kappa shape index (κ2) is 7.96. The van der Waals surface area contributed by atoms with E-state index in [1.807, 2.05) is 32.1 Å². The molecule has 1 aromatic heterocycles. The molecule has 0 spiro atoms. The number of anilines is 1. The molecule has 0 atom stereocenters. The van der Waals surface area contributed by atoms with Gasteiger partial charge in [0.15, 0.2) is 0 Å². The largest absolute Gasteiger partial charge is 0.482 e. The van der Waals surface area contributed by atoms with Crippen LogP contribution in [0.15, 0.2) is 48.4 Å². The lowest BCUT2D eigenvalue weighted by atomic mass is 9.93. The second-order valence-corrected chi connectivity index (χ2v) is 7.91. The Morgan fingerprint density at radius 3 is 2.81 bits per heavy atom. The van der Waals surface area contributed by atoms with Crippen LogP contribution in [-0.4, -0.2) is 40.7 Å². The van der Waals surface area contributed by atoms with Crippen molar-refractivity contribution in [3.05, 3.63) is 71.0 Å². The summed E-state index contributed by atoms with van der Waals surface area (Å²) in [7, 11) is 0. The molecule has 31 heavy (non-hydrogen) atoms. The van der Waals surface area contributed by atoms with E-state index in [0.29, 0.717) is 35.5 Å². The number of ether oxygens (including phenoxy) is 1. The Kier molecular flexibility index (Phi) is 5.32. The number of aromatic nitrogens is 1. The average molecular weight is 423 g/mol. The van der Waals surface area contributed by atoms with Crippen LogP contribution in [0, 0.1) is 5.82 Å². The number of allylic oxidation sites excluding steroid dienone is 1. The number of carboxylic acid groups (broad SMARTS) is 1. The van der Waals surface area contributed by atoms with Crippen LogP contribution >= 0.6 is 0 Å². The lowest BCUT2D eigenvalue weighted by Crippen LogP contribution is -2.24. The maximum atomic E-state index is 13.5. The van der Waals surface area contributed by atoms with E-state index in [1.165, 1.54) is 12.1 Å². The topological polar surface area (TPSA) is 101 Å². The highest BCUT2D eigenvalue weighted by atomic mass is 19.1. The monoisotopic (exact) mass is 423 g/mol. The third-order valence-electron chi connectivity index (χ3n) is 5.23. The molecule has 3 N–H and O–H groups in total. The predicted molar refractivity (Wildman–Crippen MR) is 114 cm³/mol. The number of benzene rings is 1. The molecular weight excluding hydrogens is 401 g/mol. The van der Waals surface area contributed by atoms with Crippen molar-refractivity contribution in [2.75, 3.05) is 18.4 Å². The highest BCUT2D eigenvalue weighted by Gasteiger charge is 2.38. The average Bonchev–Trinajstić information content (AvgIpc) is 3.19. The van der Waals surface area contributed by atoms with Crippen LogP contribution < -0.4 is 10.6 Å². The van der Waals surface area contributed by atoms with E-state index < -0.39 is 17.4 Å². The Hall–Kier alpha value is -3.52. The Morgan fingerprint density at radius 1 is 1.29 bits per heavy atom. The van der Waals surface area contributed by atoms with Crippen molar-refractivity contribution < 1.29 is 23.8 Å². The maximum absolute atomic E-state index is 13.5. The minimum Gasteiger partial charge on any atom is -0.482 e. The fourth-order valence-corrected chi connectivity index (χ4v) is 3.75. The van der Waals surface area contributed by atoms with E-state index in [4.69, 9.17) is 9.84 Å². The summed E-state index contributed by atoms with van der Waals surface area (Å²) in [4.78, 5) is 27.6. The van der Waals surface area contributed by atoms with Gasteiger partial charge >= 0.3 is 5.97 Å². The van der Waals surface area contributed by atoms with Gasteiger partial charge in [0.1, 0.15) is 17.2 Å². The zero-order chi connectivity index (χ0) is 22.2. The third-order valence-corrected chi connectivity index (χ3v) is 5.23. The summed E-state index contributed by atoms with van der Waals surface area (Å²) in [6.45, 7) is 4.25. The van der Waals surface area contributed by atoms with Crippen LogP contribution in [0.1, 0.15) is 30.7 Å². The molecule has 0 saturated carbocycles. The van der Waals surface area contributed by atoms with Crippen molar-refractivity contribution >= 4 is 28.7 Å². The van der Waals surface area contributed by atoms with Gasteiger partial charge in [0.2, 0.25) is 0 Å². The van der Waals surface area contributed by atoms with Crippen molar-refractivity contribution in [3.63, 3.8) is 0 Å². The SMILES string of the molecule is CC1(C)OC(=C2C(=O)Nc3cc(F)ccc32)C=C1c1ccc(CCNCC(=O)O)nc1. The van der Waals surface area contributed by atoms with Crippen molar-refractivity contribution in [3.8, 4) is 0 Å². The molecule has 1 amide bonds. The molecule has 3 heterocycles. The van der Waals surface area contributed by atoms with Gasteiger partial charge in [-0.3, -0.25) is 14.6 Å². The Labute approximate surface area is 178 Å². The molecule has 0 saturated heterocycles. The number of nitrogens with one attached hydrogen (secondary N) is 2. The van der Waals surface area contributed by atoms with E-state index in [2.05, 4.69) is 15.6 Å². The van der Waals surface area contributed by atoms with Crippen molar-refractivity contribution in [2.24, 2.45) is 0 Å². The summed E-state index contributed by atoms with van der Waals surface area (Å²) in [6.07, 6.45) is 4.18. The first-order valence-corrected chi connectivity index (χ1v) is 9.89. The first kappa shape index (κ1) is 20.7. The molecule has 160 valence electrons. The lowest BCUT2D eigenvalue weighted by Gasteiger charge is -2.23. The van der Waals surface area contributed by atoms with Gasteiger partial charge in [-0.1, -0.05) is 6.07 Å². The molecule has 8 heteroatoms. The summed E-state index contributed by atoms with van der Waals surface area (Å²) in [5.74, 6) is -1.21. The molecule has 2 aliphatic heterocycles. The summed E-state index contributed by atoms with van der Waals surface area (Å²) < 4.78 is 19.6. The number of carbonyl (C=O) groups excluding carboxylic acids is 1. The highest BCUT2D eigenvalue weighted by molar-refractivity contribution is 6.32. The van der Waals surface area contributed by atoms with Gasteiger partial charge < -0.3 is 20.5 Å². The normalized spacial score (nSPS) is 18.9. The van der Waals surface area contributed by atoms with Crippen LogP contribution in [0.4, 0.5) is 10.1 Å². The van der Waals surface area contributed by atoms with Crippen molar-refractivity contribution in [1.29, 1.82) is 0 Å². The molecular formula is C23H22FN3O4. The molecule has 2 aliphatic rings.